The van der Waals surface area contributed by atoms with Gasteiger partial charge in [-0.3, -0.25) is 4.79 Å². The third kappa shape index (κ3) is 3.12. The Kier molecular flexibility index (Phi) is 4.21. The van der Waals surface area contributed by atoms with Crippen molar-refractivity contribution in [3.05, 3.63) is 24.3 Å². The zero-order chi connectivity index (χ0) is 13.8. The topological polar surface area (TPSA) is 41.6 Å². The Bertz CT molecular complexity index is 463. The van der Waals surface area contributed by atoms with Crippen molar-refractivity contribution in [3.8, 4) is 0 Å². The Morgan fingerprint density at radius 3 is 2.80 bits per heavy atom. The molecule has 1 amide bonds. The normalized spacial score (nSPS) is 22.8. The minimum absolute atomic E-state index is 0.0155. The first-order valence-corrected chi connectivity index (χ1v) is 7.60. The summed E-state index contributed by atoms with van der Waals surface area (Å²) in [6.45, 7) is 2.93. The van der Waals surface area contributed by atoms with Crippen LogP contribution in [0.25, 0.3) is 0 Å². The minimum atomic E-state index is -0.270. The molecule has 4 heteroatoms. The first-order chi connectivity index (χ1) is 9.83. The maximum Gasteiger partial charge on any atom is 0.253 e. The second kappa shape index (κ2) is 6.27. The van der Waals surface area contributed by atoms with Crippen LogP contribution in [-0.2, 0) is 9.53 Å². The van der Waals surface area contributed by atoms with Gasteiger partial charge in [0, 0.05) is 31.1 Å². The summed E-state index contributed by atoms with van der Waals surface area (Å²) in [4.78, 5) is 14.4. The van der Waals surface area contributed by atoms with E-state index in [1.165, 1.54) is 24.9 Å². The summed E-state index contributed by atoms with van der Waals surface area (Å²) in [5.41, 5.74) is 2.07. The van der Waals surface area contributed by atoms with E-state index in [1.807, 2.05) is 12.1 Å². The van der Waals surface area contributed by atoms with Crippen molar-refractivity contribution in [3.63, 3.8) is 0 Å². The Morgan fingerprint density at radius 1 is 1.20 bits per heavy atom. The van der Waals surface area contributed by atoms with E-state index in [0.717, 1.165) is 31.6 Å². The molecule has 20 heavy (non-hydrogen) atoms. The Morgan fingerprint density at radius 2 is 2.05 bits per heavy atom. The van der Waals surface area contributed by atoms with E-state index in [0.29, 0.717) is 6.61 Å². The Balaban J connectivity index is 1.65. The van der Waals surface area contributed by atoms with E-state index in [-0.39, 0.29) is 12.0 Å². The molecule has 1 unspecified atom stereocenters. The molecule has 1 atom stereocenters. The first kappa shape index (κ1) is 13.4. The second-order valence-electron chi connectivity index (χ2n) is 5.59. The average molecular weight is 274 g/mol. The molecule has 108 valence electrons. The Labute approximate surface area is 120 Å². The molecule has 2 heterocycles. The summed E-state index contributed by atoms with van der Waals surface area (Å²) in [6.07, 6.45) is 5.38. The molecule has 2 aliphatic heterocycles. The standard InChI is InChI=1S/C16H22N2O2/c19-16(15-8-5-11-20-15)17-13-6-4-7-14(12-13)18-9-2-1-3-10-18/h4,6-7,12,15H,1-3,5,8-11H2,(H,17,19). The Hall–Kier alpha value is -1.55. The highest BCUT2D eigenvalue weighted by Crippen LogP contribution is 2.23. The fourth-order valence-electron chi connectivity index (χ4n) is 2.94. The second-order valence-corrected chi connectivity index (χ2v) is 5.59. The number of benzene rings is 1. The van der Waals surface area contributed by atoms with Crippen LogP contribution in [-0.4, -0.2) is 31.7 Å². The molecular weight excluding hydrogens is 252 g/mol. The third-order valence-electron chi connectivity index (χ3n) is 4.06. The largest absolute Gasteiger partial charge is 0.371 e. The zero-order valence-electron chi connectivity index (χ0n) is 11.8. The van der Waals surface area contributed by atoms with E-state index in [1.54, 1.807) is 0 Å². The molecule has 2 fully saturated rings. The minimum Gasteiger partial charge on any atom is -0.371 e. The number of hydrogen-bond donors (Lipinski definition) is 1. The monoisotopic (exact) mass is 274 g/mol. The number of anilines is 2. The summed E-state index contributed by atoms with van der Waals surface area (Å²) in [5, 5.41) is 2.97. The highest BCUT2D eigenvalue weighted by atomic mass is 16.5. The molecule has 2 saturated heterocycles. The van der Waals surface area contributed by atoms with Crippen LogP contribution < -0.4 is 10.2 Å². The third-order valence-corrected chi connectivity index (χ3v) is 4.06. The predicted octanol–water partition coefficient (Wildman–Crippen LogP) is 2.79. The van der Waals surface area contributed by atoms with E-state index < -0.39 is 0 Å². The van der Waals surface area contributed by atoms with Crippen molar-refractivity contribution < 1.29 is 9.53 Å². The van der Waals surface area contributed by atoms with E-state index >= 15 is 0 Å². The summed E-state index contributed by atoms with van der Waals surface area (Å²) in [7, 11) is 0. The lowest BCUT2D eigenvalue weighted by molar-refractivity contribution is -0.124. The van der Waals surface area contributed by atoms with Gasteiger partial charge in [-0.1, -0.05) is 6.07 Å². The number of hydrogen-bond acceptors (Lipinski definition) is 3. The molecule has 1 aromatic rings. The molecular formula is C16H22N2O2. The molecule has 0 saturated carbocycles. The van der Waals surface area contributed by atoms with Crippen LogP contribution in [0, 0.1) is 0 Å². The van der Waals surface area contributed by atoms with Crippen LogP contribution in [0.1, 0.15) is 32.1 Å². The number of amides is 1. The summed E-state index contributed by atoms with van der Waals surface area (Å²) in [6, 6.07) is 8.14. The molecule has 0 radical (unpaired) electrons. The van der Waals surface area contributed by atoms with E-state index in [2.05, 4.69) is 22.3 Å². The van der Waals surface area contributed by atoms with Crippen LogP contribution >= 0.6 is 0 Å². The van der Waals surface area contributed by atoms with Gasteiger partial charge >= 0.3 is 0 Å². The molecule has 3 rings (SSSR count). The van der Waals surface area contributed by atoms with Gasteiger partial charge in [0.2, 0.25) is 0 Å². The fraction of sp³-hybridized carbons (Fsp3) is 0.562. The van der Waals surface area contributed by atoms with Crippen LogP contribution in [0.2, 0.25) is 0 Å². The number of rotatable bonds is 3. The number of carbonyl (C=O) groups is 1. The summed E-state index contributed by atoms with van der Waals surface area (Å²) < 4.78 is 5.41. The highest BCUT2D eigenvalue weighted by molar-refractivity contribution is 5.94. The van der Waals surface area contributed by atoms with Crippen molar-refractivity contribution in [2.24, 2.45) is 0 Å². The molecule has 2 aliphatic rings. The van der Waals surface area contributed by atoms with Gasteiger partial charge in [0.25, 0.3) is 5.91 Å². The number of piperidine rings is 1. The first-order valence-electron chi connectivity index (χ1n) is 7.60. The van der Waals surface area contributed by atoms with Crippen molar-refractivity contribution in [1.82, 2.24) is 0 Å². The molecule has 0 spiro atoms. The molecule has 1 aromatic carbocycles. The van der Waals surface area contributed by atoms with Crippen LogP contribution in [0.5, 0.6) is 0 Å². The van der Waals surface area contributed by atoms with Crippen molar-refractivity contribution in [2.45, 2.75) is 38.2 Å². The fourth-order valence-corrected chi connectivity index (χ4v) is 2.94. The lowest BCUT2D eigenvalue weighted by atomic mass is 10.1. The number of nitrogens with one attached hydrogen (secondary N) is 1. The van der Waals surface area contributed by atoms with E-state index in [9.17, 15) is 4.79 Å². The smallest absolute Gasteiger partial charge is 0.253 e. The van der Waals surface area contributed by atoms with Gasteiger partial charge in [0.1, 0.15) is 6.10 Å². The maximum atomic E-state index is 12.1. The van der Waals surface area contributed by atoms with Gasteiger partial charge in [-0.05, 0) is 50.3 Å². The summed E-state index contributed by atoms with van der Waals surface area (Å²) >= 11 is 0. The predicted molar refractivity (Wildman–Crippen MR) is 80.1 cm³/mol. The molecule has 0 aliphatic carbocycles. The van der Waals surface area contributed by atoms with Crippen LogP contribution in [0.15, 0.2) is 24.3 Å². The molecule has 0 aromatic heterocycles. The number of nitrogens with zero attached hydrogens (tertiary/aromatic N) is 1. The van der Waals surface area contributed by atoms with Crippen LogP contribution in [0.3, 0.4) is 0 Å². The number of carbonyl (C=O) groups excluding carboxylic acids is 1. The molecule has 1 N–H and O–H groups in total. The SMILES string of the molecule is O=C(Nc1cccc(N2CCCCC2)c1)C1CCCO1. The van der Waals surface area contributed by atoms with Gasteiger partial charge < -0.3 is 15.0 Å². The van der Waals surface area contributed by atoms with Gasteiger partial charge in [0.05, 0.1) is 0 Å². The van der Waals surface area contributed by atoms with Crippen molar-refractivity contribution in [1.29, 1.82) is 0 Å². The quantitative estimate of drug-likeness (QED) is 0.921. The van der Waals surface area contributed by atoms with Crippen molar-refractivity contribution >= 4 is 17.3 Å². The van der Waals surface area contributed by atoms with Gasteiger partial charge in [-0.15, -0.1) is 0 Å². The maximum absolute atomic E-state index is 12.1. The average Bonchev–Trinajstić information content (AvgIpc) is 3.03. The van der Waals surface area contributed by atoms with Crippen LogP contribution in [0.4, 0.5) is 11.4 Å². The summed E-state index contributed by atoms with van der Waals surface area (Å²) in [5.74, 6) is -0.0155. The zero-order valence-corrected chi connectivity index (χ0v) is 11.8. The lowest BCUT2D eigenvalue weighted by Crippen LogP contribution is -2.30. The van der Waals surface area contributed by atoms with Gasteiger partial charge in [-0.25, -0.2) is 0 Å². The molecule has 0 bridgehead atoms. The number of ether oxygens (including phenoxy) is 1. The van der Waals surface area contributed by atoms with Gasteiger partial charge in [0.15, 0.2) is 0 Å². The highest BCUT2D eigenvalue weighted by Gasteiger charge is 2.23. The van der Waals surface area contributed by atoms with Crippen molar-refractivity contribution in [2.75, 3.05) is 29.9 Å². The van der Waals surface area contributed by atoms with Gasteiger partial charge in [-0.2, -0.15) is 0 Å². The van der Waals surface area contributed by atoms with E-state index in [4.69, 9.17) is 4.74 Å². The lowest BCUT2D eigenvalue weighted by Gasteiger charge is -2.29. The molecule has 4 nitrogen and oxygen atoms in total.